The SMILES string of the molecule is Cc1nc(Cl)c(C=O)c(NC2CC(O)C2)n1. The van der Waals surface area contributed by atoms with Crippen LogP contribution in [0.25, 0.3) is 0 Å². The predicted octanol–water partition coefficient (Wildman–Crippen LogP) is 1.19. The summed E-state index contributed by atoms with van der Waals surface area (Å²) in [5, 5.41) is 12.4. The molecular weight excluding hydrogens is 230 g/mol. The first kappa shape index (κ1) is 11.3. The van der Waals surface area contributed by atoms with Gasteiger partial charge in [0.2, 0.25) is 0 Å². The average molecular weight is 242 g/mol. The molecule has 0 aromatic carbocycles. The molecule has 2 N–H and O–H groups in total. The molecule has 1 heterocycles. The zero-order valence-corrected chi connectivity index (χ0v) is 9.53. The summed E-state index contributed by atoms with van der Waals surface area (Å²) in [5.74, 6) is 0.961. The Morgan fingerprint density at radius 3 is 2.75 bits per heavy atom. The molecule has 0 atom stereocenters. The number of aldehydes is 1. The molecule has 0 saturated heterocycles. The van der Waals surface area contributed by atoms with Gasteiger partial charge in [0.15, 0.2) is 6.29 Å². The first-order chi connectivity index (χ1) is 7.60. The third-order valence-electron chi connectivity index (χ3n) is 2.58. The standard InChI is InChI=1S/C10H12ClN3O2/c1-5-12-9(11)8(4-15)10(13-5)14-6-2-7(16)3-6/h4,6-7,16H,2-3H2,1H3,(H,12,13,14). The van der Waals surface area contributed by atoms with E-state index in [1.807, 2.05) is 0 Å². The van der Waals surface area contributed by atoms with E-state index in [0.717, 1.165) is 0 Å². The van der Waals surface area contributed by atoms with Gasteiger partial charge in [-0.15, -0.1) is 0 Å². The van der Waals surface area contributed by atoms with Crippen molar-refractivity contribution in [3.05, 3.63) is 16.5 Å². The lowest BCUT2D eigenvalue weighted by Gasteiger charge is -2.32. The second-order valence-electron chi connectivity index (χ2n) is 3.91. The Hall–Kier alpha value is -1.20. The molecule has 2 rings (SSSR count). The molecule has 0 spiro atoms. The van der Waals surface area contributed by atoms with Gasteiger partial charge in [-0.1, -0.05) is 11.6 Å². The van der Waals surface area contributed by atoms with Crippen molar-refractivity contribution in [2.75, 3.05) is 5.32 Å². The molecule has 0 radical (unpaired) electrons. The van der Waals surface area contributed by atoms with Crippen LogP contribution < -0.4 is 5.32 Å². The van der Waals surface area contributed by atoms with E-state index in [1.54, 1.807) is 6.92 Å². The van der Waals surface area contributed by atoms with Crippen LogP contribution in [0.3, 0.4) is 0 Å². The van der Waals surface area contributed by atoms with Crippen molar-refractivity contribution in [1.82, 2.24) is 9.97 Å². The zero-order valence-electron chi connectivity index (χ0n) is 8.77. The van der Waals surface area contributed by atoms with Gasteiger partial charge in [0, 0.05) is 6.04 Å². The summed E-state index contributed by atoms with van der Waals surface area (Å²) in [6.07, 6.45) is 1.72. The highest BCUT2D eigenvalue weighted by Crippen LogP contribution is 2.26. The average Bonchev–Trinajstić information content (AvgIpc) is 2.14. The van der Waals surface area contributed by atoms with Crippen molar-refractivity contribution in [3.63, 3.8) is 0 Å². The fraction of sp³-hybridized carbons (Fsp3) is 0.500. The van der Waals surface area contributed by atoms with Crippen LogP contribution >= 0.6 is 11.6 Å². The summed E-state index contributed by atoms with van der Waals surface area (Å²) in [5.41, 5.74) is 0.272. The van der Waals surface area contributed by atoms with E-state index in [1.165, 1.54) is 0 Å². The van der Waals surface area contributed by atoms with Crippen LogP contribution in [-0.2, 0) is 0 Å². The Labute approximate surface area is 97.9 Å². The molecule has 1 saturated carbocycles. The van der Waals surface area contributed by atoms with Crippen LogP contribution in [0, 0.1) is 6.92 Å². The van der Waals surface area contributed by atoms with Gasteiger partial charge in [0.25, 0.3) is 0 Å². The van der Waals surface area contributed by atoms with Gasteiger partial charge in [-0.3, -0.25) is 4.79 Å². The van der Waals surface area contributed by atoms with Crippen LogP contribution in [-0.4, -0.2) is 33.5 Å². The number of halogens is 1. The molecule has 1 aliphatic rings. The van der Waals surface area contributed by atoms with Gasteiger partial charge >= 0.3 is 0 Å². The minimum atomic E-state index is -0.254. The van der Waals surface area contributed by atoms with Crippen molar-refractivity contribution in [2.45, 2.75) is 31.9 Å². The van der Waals surface area contributed by atoms with Crippen LogP contribution in [0.2, 0.25) is 5.15 Å². The maximum absolute atomic E-state index is 10.9. The van der Waals surface area contributed by atoms with Gasteiger partial charge in [0.1, 0.15) is 16.8 Å². The molecule has 6 heteroatoms. The maximum Gasteiger partial charge on any atom is 0.156 e. The number of aromatic nitrogens is 2. The lowest BCUT2D eigenvalue weighted by molar-refractivity contribution is 0.0835. The summed E-state index contributed by atoms with van der Waals surface area (Å²) < 4.78 is 0. The molecule has 1 aromatic heterocycles. The summed E-state index contributed by atoms with van der Waals surface area (Å²) in [6.45, 7) is 1.71. The number of nitrogens with one attached hydrogen (secondary N) is 1. The molecule has 1 aliphatic carbocycles. The van der Waals surface area contributed by atoms with E-state index >= 15 is 0 Å². The van der Waals surface area contributed by atoms with Crippen LogP contribution in [0.15, 0.2) is 0 Å². The minimum absolute atomic E-state index is 0.152. The molecule has 86 valence electrons. The maximum atomic E-state index is 10.9. The minimum Gasteiger partial charge on any atom is -0.393 e. The Morgan fingerprint density at radius 1 is 1.50 bits per heavy atom. The summed E-state index contributed by atoms with van der Waals surface area (Å²) >= 11 is 5.84. The van der Waals surface area contributed by atoms with Crippen molar-refractivity contribution >= 4 is 23.7 Å². The number of hydrogen-bond acceptors (Lipinski definition) is 5. The van der Waals surface area contributed by atoms with Gasteiger partial charge < -0.3 is 10.4 Å². The first-order valence-corrected chi connectivity index (χ1v) is 5.42. The van der Waals surface area contributed by atoms with Crippen LogP contribution in [0.1, 0.15) is 29.0 Å². The lowest BCUT2D eigenvalue weighted by atomic mass is 9.89. The summed E-state index contributed by atoms with van der Waals surface area (Å²) in [7, 11) is 0. The van der Waals surface area contributed by atoms with E-state index in [4.69, 9.17) is 16.7 Å². The smallest absolute Gasteiger partial charge is 0.156 e. The highest BCUT2D eigenvalue weighted by atomic mass is 35.5. The Morgan fingerprint density at radius 2 is 2.19 bits per heavy atom. The monoisotopic (exact) mass is 241 g/mol. The third-order valence-corrected chi connectivity index (χ3v) is 2.87. The molecule has 1 aromatic rings. The number of hydrogen-bond donors (Lipinski definition) is 2. The Balaban J connectivity index is 2.21. The fourth-order valence-electron chi connectivity index (χ4n) is 1.66. The molecule has 0 aliphatic heterocycles. The highest BCUT2D eigenvalue weighted by Gasteiger charge is 2.28. The van der Waals surface area contributed by atoms with Crippen molar-refractivity contribution in [3.8, 4) is 0 Å². The van der Waals surface area contributed by atoms with Gasteiger partial charge in [-0.05, 0) is 19.8 Å². The quantitative estimate of drug-likeness (QED) is 0.614. The van der Waals surface area contributed by atoms with E-state index in [2.05, 4.69) is 15.3 Å². The molecular formula is C10H12ClN3O2. The van der Waals surface area contributed by atoms with Crippen molar-refractivity contribution in [1.29, 1.82) is 0 Å². The normalized spacial score (nSPS) is 23.7. The Bertz CT molecular complexity index is 419. The summed E-state index contributed by atoms with van der Waals surface area (Å²) in [6, 6.07) is 0.152. The molecule has 16 heavy (non-hydrogen) atoms. The number of anilines is 1. The topological polar surface area (TPSA) is 75.1 Å². The molecule has 0 amide bonds. The number of rotatable bonds is 3. The third kappa shape index (κ3) is 2.15. The number of aliphatic hydroxyl groups is 1. The van der Waals surface area contributed by atoms with E-state index in [0.29, 0.717) is 30.8 Å². The summed E-state index contributed by atoms with van der Waals surface area (Å²) in [4.78, 5) is 18.9. The van der Waals surface area contributed by atoms with E-state index < -0.39 is 0 Å². The number of nitrogens with zero attached hydrogens (tertiary/aromatic N) is 2. The lowest BCUT2D eigenvalue weighted by Crippen LogP contribution is -2.39. The number of carbonyl (C=O) groups excluding carboxylic acids is 1. The largest absolute Gasteiger partial charge is 0.393 e. The molecule has 0 bridgehead atoms. The number of aryl methyl sites for hydroxylation is 1. The van der Waals surface area contributed by atoms with Crippen LogP contribution in [0.5, 0.6) is 0 Å². The Kier molecular flexibility index (Phi) is 3.07. The molecule has 1 fully saturated rings. The van der Waals surface area contributed by atoms with Gasteiger partial charge in [0.05, 0.1) is 11.7 Å². The fourth-order valence-corrected chi connectivity index (χ4v) is 1.92. The first-order valence-electron chi connectivity index (χ1n) is 5.04. The van der Waals surface area contributed by atoms with E-state index in [-0.39, 0.29) is 22.9 Å². The van der Waals surface area contributed by atoms with Crippen molar-refractivity contribution < 1.29 is 9.90 Å². The highest BCUT2D eigenvalue weighted by molar-refractivity contribution is 6.32. The van der Waals surface area contributed by atoms with E-state index in [9.17, 15) is 4.79 Å². The van der Waals surface area contributed by atoms with Crippen LogP contribution in [0.4, 0.5) is 5.82 Å². The van der Waals surface area contributed by atoms with Gasteiger partial charge in [-0.25, -0.2) is 9.97 Å². The molecule has 0 unspecified atom stereocenters. The van der Waals surface area contributed by atoms with Gasteiger partial charge in [-0.2, -0.15) is 0 Å². The van der Waals surface area contributed by atoms with Crippen molar-refractivity contribution in [2.24, 2.45) is 0 Å². The second kappa shape index (κ2) is 4.35. The molecule has 5 nitrogen and oxygen atoms in total. The zero-order chi connectivity index (χ0) is 11.7. The second-order valence-corrected chi connectivity index (χ2v) is 4.27. The number of carbonyl (C=O) groups is 1. The predicted molar refractivity (Wildman–Crippen MR) is 59.8 cm³/mol. The number of aliphatic hydroxyl groups excluding tert-OH is 1.